The van der Waals surface area contributed by atoms with Crippen molar-refractivity contribution in [2.45, 2.75) is 30.7 Å². The van der Waals surface area contributed by atoms with Gasteiger partial charge < -0.3 is 25.4 Å². The lowest BCUT2D eigenvalue weighted by Crippen LogP contribution is -2.50. The fourth-order valence-corrected chi connectivity index (χ4v) is 1.32. The zero-order valence-electron chi connectivity index (χ0n) is 5.88. The molecule has 0 aliphatic carbocycles. The maximum Gasteiger partial charge on any atom is 0.187 e. The summed E-state index contributed by atoms with van der Waals surface area (Å²) in [7, 11) is 0. The van der Waals surface area contributed by atoms with E-state index in [-0.39, 0.29) is 18.9 Å². The molecule has 0 bridgehead atoms. The Morgan fingerprint density at radius 3 is 2.55 bits per heavy atom. The summed E-state index contributed by atoms with van der Waals surface area (Å²) in [5.74, 6) is 0. The van der Waals surface area contributed by atoms with Gasteiger partial charge in [0.05, 0.1) is 0 Å². The molecule has 64 valence electrons. The molecule has 0 spiro atoms. The third-order valence-electron chi connectivity index (χ3n) is 2.09. The van der Waals surface area contributed by atoms with Crippen molar-refractivity contribution in [1.82, 2.24) is 0 Å². The lowest BCUT2D eigenvalue weighted by Gasteiger charge is -2.27. The average molecular weight is 161 g/mol. The Labute approximate surface area is 63.7 Å². The predicted octanol–water partition coefficient (Wildman–Crippen LogP) is -2.21. The Balaban J connectivity index is 2.03. The summed E-state index contributed by atoms with van der Waals surface area (Å²) in [6.07, 6.45) is -2.94. The van der Waals surface area contributed by atoms with Gasteiger partial charge in [-0.2, -0.15) is 0 Å². The zero-order chi connectivity index (χ0) is 8.01. The summed E-state index contributed by atoms with van der Waals surface area (Å²) < 4.78 is 10.0. The van der Waals surface area contributed by atoms with Crippen molar-refractivity contribution in [1.29, 1.82) is 0 Å². The maximum absolute atomic E-state index is 9.30. The smallest absolute Gasteiger partial charge is 0.187 e. The third-order valence-corrected chi connectivity index (χ3v) is 2.09. The van der Waals surface area contributed by atoms with Crippen LogP contribution in [0.25, 0.3) is 0 Å². The third kappa shape index (κ3) is 1.05. The summed E-state index contributed by atoms with van der Waals surface area (Å²) in [6, 6.07) is 0. The van der Waals surface area contributed by atoms with Gasteiger partial charge in [0.2, 0.25) is 0 Å². The maximum atomic E-state index is 9.30. The molecular formula is C6H11NO4. The number of ether oxygens (including phenoxy) is 2. The monoisotopic (exact) mass is 161 g/mol. The highest BCUT2D eigenvalue weighted by Gasteiger charge is 2.55. The van der Waals surface area contributed by atoms with Crippen LogP contribution >= 0.6 is 0 Å². The van der Waals surface area contributed by atoms with Gasteiger partial charge in [0.25, 0.3) is 0 Å². The van der Waals surface area contributed by atoms with Crippen molar-refractivity contribution in [3.8, 4) is 0 Å². The Bertz CT molecular complexity index is 165. The molecule has 0 aromatic carbocycles. The van der Waals surface area contributed by atoms with E-state index in [0.29, 0.717) is 0 Å². The van der Waals surface area contributed by atoms with Crippen LogP contribution in [0, 0.1) is 0 Å². The number of fused-ring (bicyclic) bond motifs is 1. The second-order valence-corrected chi connectivity index (χ2v) is 2.86. The number of rotatable bonds is 1. The van der Waals surface area contributed by atoms with Gasteiger partial charge in [-0.25, -0.2) is 0 Å². The molecule has 2 heterocycles. The molecule has 0 aromatic heterocycles. The van der Waals surface area contributed by atoms with Crippen molar-refractivity contribution >= 4 is 0 Å². The van der Waals surface area contributed by atoms with E-state index in [4.69, 9.17) is 15.2 Å². The van der Waals surface area contributed by atoms with E-state index in [2.05, 4.69) is 0 Å². The topological polar surface area (TPSA) is 88.2 Å². The molecule has 11 heavy (non-hydrogen) atoms. The number of nitrogens with two attached hydrogens (primary N) is 1. The quantitative estimate of drug-likeness (QED) is 0.379. The highest BCUT2D eigenvalue weighted by atomic mass is 16.8. The van der Waals surface area contributed by atoms with Crippen molar-refractivity contribution in [2.24, 2.45) is 5.73 Å². The van der Waals surface area contributed by atoms with E-state index in [1.54, 1.807) is 0 Å². The minimum atomic E-state index is -0.913. The van der Waals surface area contributed by atoms with E-state index < -0.39 is 18.3 Å². The summed E-state index contributed by atoms with van der Waals surface area (Å²) in [6.45, 7) is 0.199. The first-order chi connectivity index (χ1) is 5.24. The Morgan fingerprint density at radius 1 is 1.18 bits per heavy atom. The molecule has 4 unspecified atom stereocenters. The van der Waals surface area contributed by atoms with Gasteiger partial charge in [0, 0.05) is 6.54 Å². The number of aliphatic hydroxyl groups is 2. The van der Waals surface area contributed by atoms with Gasteiger partial charge in [0.15, 0.2) is 6.29 Å². The van der Waals surface area contributed by atoms with E-state index in [0.717, 1.165) is 0 Å². The molecule has 0 radical (unpaired) electrons. The van der Waals surface area contributed by atoms with Gasteiger partial charge in [-0.3, -0.25) is 0 Å². The summed E-state index contributed by atoms with van der Waals surface area (Å²) in [5.41, 5.74) is 5.28. The summed E-state index contributed by atoms with van der Waals surface area (Å²) in [4.78, 5) is 0. The average Bonchev–Trinajstić information content (AvgIpc) is 2.75. The van der Waals surface area contributed by atoms with Gasteiger partial charge in [-0.15, -0.1) is 0 Å². The first kappa shape index (κ1) is 7.45. The van der Waals surface area contributed by atoms with Crippen LogP contribution in [0.2, 0.25) is 0 Å². The van der Waals surface area contributed by atoms with E-state index in [9.17, 15) is 10.2 Å². The molecule has 2 aliphatic heterocycles. The Kier molecular flexibility index (Phi) is 1.62. The molecular weight excluding hydrogens is 150 g/mol. The van der Waals surface area contributed by atoms with Crippen molar-refractivity contribution in [3.63, 3.8) is 0 Å². The molecule has 0 amide bonds. The highest BCUT2D eigenvalue weighted by molar-refractivity contribution is 4.97. The molecule has 4 N–H and O–H groups in total. The first-order valence-corrected chi connectivity index (χ1v) is 3.61. The van der Waals surface area contributed by atoms with Gasteiger partial charge in [-0.05, 0) is 0 Å². The lowest BCUT2D eigenvalue weighted by molar-refractivity contribution is -0.125. The molecule has 2 aliphatic rings. The molecule has 5 nitrogen and oxygen atoms in total. The molecule has 0 saturated carbocycles. The number of hydrogen-bond donors (Lipinski definition) is 3. The number of aliphatic hydroxyl groups excluding tert-OH is 2. The lowest BCUT2D eigenvalue weighted by atomic mass is 10.0. The van der Waals surface area contributed by atoms with Gasteiger partial charge in [-0.1, -0.05) is 0 Å². The Hall–Kier alpha value is -0.200. The first-order valence-electron chi connectivity index (χ1n) is 3.61. The molecule has 2 rings (SSSR count). The van der Waals surface area contributed by atoms with Crippen molar-refractivity contribution in [2.75, 3.05) is 6.54 Å². The normalized spacial score (nSPS) is 55.4. The van der Waals surface area contributed by atoms with E-state index >= 15 is 0 Å². The summed E-state index contributed by atoms with van der Waals surface area (Å²) in [5, 5.41) is 18.6. The molecule has 2 fully saturated rings. The van der Waals surface area contributed by atoms with Crippen LogP contribution in [-0.2, 0) is 9.47 Å². The van der Waals surface area contributed by atoms with Crippen molar-refractivity contribution < 1.29 is 19.7 Å². The zero-order valence-corrected chi connectivity index (χ0v) is 5.88. The minimum Gasteiger partial charge on any atom is -0.388 e. The van der Waals surface area contributed by atoms with Gasteiger partial charge >= 0.3 is 0 Å². The van der Waals surface area contributed by atoms with Gasteiger partial charge in [0.1, 0.15) is 24.4 Å². The predicted molar refractivity (Wildman–Crippen MR) is 34.6 cm³/mol. The minimum absolute atomic E-state index is 0.199. The Morgan fingerprint density at radius 2 is 1.91 bits per heavy atom. The molecule has 0 aromatic rings. The second-order valence-electron chi connectivity index (χ2n) is 2.86. The van der Waals surface area contributed by atoms with E-state index in [1.807, 2.05) is 0 Å². The fourth-order valence-electron chi connectivity index (χ4n) is 1.32. The molecule has 2 saturated heterocycles. The van der Waals surface area contributed by atoms with Crippen LogP contribution < -0.4 is 5.73 Å². The van der Waals surface area contributed by atoms with Crippen LogP contribution in [0.4, 0.5) is 0 Å². The van der Waals surface area contributed by atoms with Crippen LogP contribution in [0.15, 0.2) is 0 Å². The molecule has 5 heteroatoms. The van der Waals surface area contributed by atoms with Crippen LogP contribution in [0.5, 0.6) is 0 Å². The second kappa shape index (κ2) is 2.40. The standard InChI is InChI=1S/C6H11NO4/c7-1-2-3(8)4(9)5-6(10-2)11-5/h2-6,8-9H,1,7H2/t2?,3-,4?,5?,6?/m1/s1. The van der Waals surface area contributed by atoms with Crippen molar-refractivity contribution in [3.05, 3.63) is 0 Å². The summed E-state index contributed by atoms with van der Waals surface area (Å²) >= 11 is 0. The SMILES string of the molecule is NCC1OC2OC2C(O)[C@@H]1O. The number of hydrogen-bond acceptors (Lipinski definition) is 5. The van der Waals surface area contributed by atoms with Crippen LogP contribution in [-0.4, -0.2) is 47.5 Å². The van der Waals surface area contributed by atoms with Crippen LogP contribution in [0.3, 0.4) is 0 Å². The highest BCUT2D eigenvalue weighted by Crippen LogP contribution is 2.35. The van der Waals surface area contributed by atoms with Crippen LogP contribution in [0.1, 0.15) is 0 Å². The van der Waals surface area contributed by atoms with E-state index in [1.165, 1.54) is 0 Å². The largest absolute Gasteiger partial charge is 0.388 e. The fraction of sp³-hybridized carbons (Fsp3) is 1.00. The number of epoxide rings is 1. The molecule has 5 atom stereocenters.